The number of rotatable bonds is 1. The molecule has 1 fully saturated rings. The van der Waals surface area contributed by atoms with Crippen molar-refractivity contribution < 1.29 is 0 Å². The Kier molecular flexibility index (Phi) is 2.65. The lowest BCUT2D eigenvalue weighted by Crippen LogP contribution is -2.44. The molecule has 0 radical (unpaired) electrons. The Labute approximate surface area is 62.8 Å². The van der Waals surface area contributed by atoms with Crippen LogP contribution in [0.15, 0.2) is 0 Å². The number of nitrogens with two attached hydrogens (primary N) is 1. The van der Waals surface area contributed by atoms with Crippen LogP contribution in [0.2, 0.25) is 0 Å². The zero-order valence-electron chi connectivity index (χ0n) is 6.88. The highest BCUT2D eigenvalue weighted by Gasteiger charge is 2.17. The van der Waals surface area contributed by atoms with Crippen LogP contribution in [-0.2, 0) is 0 Å². The Morgan fingerprint density at radius 3 is 2.20 bits per heavy atom. The maximum absolute atomic E-state index is 5.61. The minimum absolute atomic E-state index is 0.750. The fourth-order valence-corrected chi connectivity index (χ4v) is 1.40. The molecule has 1 aliphatic rings. The molecule has 1 saturated heterocycles. The van der Waals surface area contributed by atoms with Crippen molar-refractivity contribution in [2.24, 2.45) is 5.84 Å². The van der Waals surface area contributed by atoms with Gasteiger partial charge in [-0.25, -0.2) is 5.01 Å². The van der Waals surface area contributed by atoms with E-state index in [-0.39, 0.29) is 0 Å². The Morgan fingerprint density at radius 2 is 1.80 bits per heavy atom. The zero-order chi connectivity index (χ0) is 7.56. The molecule has 10 heavy (non-hydrogen) atoms. The van der Waals surface area contributed by atoms with Crippen molar-refractivity contribution in [2.75, 3.05) is 27.2 Å². The van der Waals surface area contributed by atoms with E-state index in [4.69, 9.17) is 5.84 Å². The molecule has 60 valence electrons. The Morgan fingerprint density at radius 1 is 1.30 bits per heavy atom. The number of hydrazine groups is 1. The first kappa shape index (κ1) is 7.98. The second kappa shape index (κ2) is 3.32. The summed E-state index contributed by atoms with van der Waals surface area (Å²) in [7, 11) is 4.27. The molecule has 0 saturated carbocycles. The van der Waals surface area contributed by atoms with Gasteiger partial charge in [-0.15, -0.1) is 0 Å². The van der Waals surface area contributed by atoms with Gasteiger partial charge in [0.25, 0.3) is 0 Å². The maximum atomic E-state index is 5.61. The molecule has 0 aromatic rings. The lowest BCUT2D eigenvalue weighted by Gasteiger charge is -2.32. The molecule has 1 heterocycles. The van der Waals surface area contributed by atoms with E-state index in [9.17, 15) is 0 Å². The van der Waals surface area contributed by atoms with E-state index in [2.05, 4.69) is 19.0 Å². The predicted octanol–water partition coefficient (Wildman–Crippen LogP) is -0.114. The van der Waals surface area contributed by atoms with Crippen molar-refractivity contribution in [3.63, 3.8) is 0 Å². The first-order valence-corrected chi connectivity index (χ1v) is 3.86. The third-order valence-corrected chi connectivity index (χ3v) is 2.23. The van der Waals surface area contributed by atoms with Crippen LogP contribution in [0.5, 0.6) is 0 Å². The molecule has 1 rings (SSSR count). The van der Waals surface area contributed by atoms with E-state index in [1.165, 1.54) is 12.8 Å². The van der Waals surface area contributed by atoms with E-state index >= 15 is 0 Å². The monoisotopic (exact) mass is 143 g/mol. The molecule has 0 aliphatic carbocycles. The SMILES string of the molecule is CN(C)C1CCN(N)CC1. The standard InChI is InChI=1S/C7H17N3/c1-9(2)7-3-5-10(8)6-4-7/h7H,3-6,8H2,1-2H3. The molecule has 0 aromatic carbocycles. The largest absolute Gasteiger partial charge is 0.306 e. The van der Waals surface area contributed by atoms with Gasteiger partial charge >= 0.3 is 0 Å². The van der Waals surface area contributed by atoms with Crippen molar-refractivity contribution in [2.45, 2.75) is 18.9 Å². The third-order valence-electron chi connectivity index (χ3n) is 2.23. The summed E-state index contributed by atoms with van der Waals surface area (Å²) in [5, 5.41) is 1.90. The van der Waals surface area contributed by atoms with Crippen molar-refractivity contribution in [3.8, 4) is 0 Å². The van der Waals surface area contributed by atoms with Gasteiger partial charge in [0.05, 0.1) is 0 Å². The van der Waals surface area contributed by atoms with E-state index in [0.29, 0.717) is 0 Å². The van der Waals surface area contributed by atoms with Crippen molar-refractivity contribution in [1.82, 2.24) is 9.91 Å². The van der Waals surface area contributed by atoms with Gasteiger partial charge in [-0.2, -0.15) is 0 Å². The lowest BCUT2D eigenvalue weighted by atomic mass is 10.1. The smallest absolute Gasteiger partial charge is 0.0143 e. The number of hydrogen-bond acceptors (Lipinski definition) is 3. The highest BCUT2D eigenvalue weighted by atomic mass is 15.4. The van der Waals surface area contributed by atoms with Crippen molar-refractivity contribution in [3.05, 3.63) is 0 Å². The average Bonchev–Trinajstić information content (AvgIpc) is 1.88. The summed E-state index contributed by atoms with van der Waals surface area (Å²) in [6.45, 7) is 2.09. The first-order valence-electron chi connectivity index (χ1n) is 3.86. The summed E-state index contributed by atoms with van der Waals surface area (Å²) in [6.07, 6.45) is 2.42. The normalized spacial score (nSPS) is 24.0. The van der Waals surface area contributed by atoms with Gasteiger partial charge in [-0.05, 0) is 26.9 Å². The molecule has 0 bridgehead atoms. The Balaban J connectivity index is 2.26. The van der Waals surface area contributed by atoms with Crippen LogP contribution in [0.4, 0.5) is 0 Å². The predicted molar refractivity (Wildman–Crippen MR) is 42.5 cm³/mol. The van der Waals surface area contributed by atoms with Crippen LogP contribution >= 0.6 is 0 Å². The third kappa shape index (κ3) is 1.94. The van der Waals surface area contributed by atoms with E-state index < -0.39 is 0 Å². The number of hydrogen-bond donors (Lipinski definition) is 1. The second-order valence-electron chi connectivity index (χ2n) is 3.23. The molecule has 3 nitrogen and oxygen atoms in total. The highest BCUT2D eigenvalue weighted by Crippen LogP contribution is 2.10. The van der Waals surface area contributed by atoms with Crippen LogP contribution in [0.1, 0.15) is 12.8 Å². The minimum Gasteiger partial charge on any atom is -0.306 e. The molecule has 0 amide bonds. The molecule has 0 unspecified atom stereocenters. The first-order chi connectivity index (χ1) is 4.70. The zero-order valence-corrected chi connectivity index (χ0v) is 6.88. The summed E-state index contributed by atoms with van der Waals surface area (Å²) in [5.41, 5.74) is 0. The fourth-order valence-electron chi connectivity index (χ4n) is 1.40. The summed E-state index contributed by atoms with van der Waals surface area (Å²) < 4.78 is 0. The van der Waals surface area contributed by atoms with Crippen molar-refractivity contribution >= 4 is 0 Å². The summed E-state index contributed by atoms with van der Waals surface area (Å²) in [4.78, 5) is 2.28. The molecule has 3 heteroatoms. The van der Waals surface area contributed by atoms with Crippen LogP contribution < -0.4 is 5.84 Å². The van der Waals surface area contributed by atoms with Crippen LogP contribution in [0.3, 0.4) is 0 Å². The van der Waals surface area contributed by atoms with Gasteiger partial charge < -0.3 is 4.90 Å². The van der Waals surface area contributed by atoms with E-state index in [1.807, 2.05) is 5.01 Å². The second-order valence-corrected chi connectivity index (χ2v) is 3.23. The topological polar surface area (TPSA) is 32.5 Å². The average molecular weight is 143 g/mol. The molecule has 2 N–H and O–H groups in total. The Hall–Kier alpha value is -0.120. The summed E-state index contributed by atoms with van der Waals surface area (Å²) in [5.74, 6) is 5.61. The van der Waals surface area contributed by atoms with Crippen LogP contribution in [-0.4, -0.2) is 43.1 Å². The molecule has 0 spiro atoms. The molecular weight excluding hydrogens is 126 g/mol. The fraction of sp³-hybridized carbons (Fsp3) is 1.00. The quantitative estimate of drug-likeness (QED) is 0.520. The lowest BCUT2D eigenvalue weighted by molar-refractivity contribution is 0.146. The van der Waals surface area contributed by atoms with Gasteiger partial charge in [0.2, 0.25) is 0 Å². The van der Waals surface area contributed by atoms with Gasteiger partial charge in [-0.3, -0.25) is 5.84 Å². The Bertz CT molecular complexity index is 95.0. The van der Waals surface area contributed by atoms with Crippen LogP contribution in [0, 0.1) is 0 Å². The van der Waals surface area contributed by atoms with Crippen molar-refractivity contribution in [1.29, 1.82) is 0 Å². The number of nitrogens with zero attached hydrogens (tertiary/aromatic N) is 2. The molecular formula is C7H17N3. The summed E-state index contributed by atoms with van der Waals surface area (Å²) in [6, 6.07) is 0.750. The highest BCUT2D eigenvalue weighted by molar-refractivity contribution is 4.73. The molecule has 1 aliphatic heterocycles. The van der Waals surface area contributed by atoms with Gasteiger partial charge in [0.1, 0.15) is 0 Å². The van der Waals surface area contributed by atoms with E-state index in [1.54, 1.807) is 0 Å². The van der Waals surface area contributed by atoms with Crippen LogP contribution in [0.25, 0.3) is 0 Å². The summed E-state index contributed by atoms with van der Waals surface area (Å²) >= 11 is 0. The number of piperidine rings is 1. The van der Waals surface area contributed by atoms with E-state index in [0.717, 1.165) is 19.1 Å². The van der Waals surface area contributed by atoms with Gasteiger partial charge in [0, 0.05) is 19.1 Å². The molecule has 0 atom stereocenters. The molecule has 0 aromatic heterocycles. The van der Waals surface area contributed by atoms with Gasteiger partial charge in [-0.1, -0.05) is 0 Å². The maximum Gasteiger partial charge on any atom is 0.0143 e. The van der Waals surface area contributed by atoms with Gasteiger partial charge in [0.15, 0.2) is 0 Å². The minimum atomic E-state index is 0.750.